The Kier molecular flexibility index (Phi) is 42.6. The van der Waals surface area contributed by atoms with Gasteiger partial charge in [0, 0.05) is 40.4 Å². The van der Waals surface area contributed by atoms with Crippen molar-refractivity contribution in [2.45, 2.75) is 0 Å². The number of nitrogens with one attached hydrogen (secondary N) is 2. The standard InChI is InChI=1S/2C2H5NS.Ni/c2*3-1-2-4;/h2*1,3-4H,2H2;. The minimum atomic E-state index is 0. The molecule has 0 aliphatic carbocycles. The Morgan fingerprint density at radius 2 is 1.11 bits per heavy atom. The Bertz CT molecular complexity index is 52.5. The SMILES string of the molecule is N=CCS.N=CCS.[Ni]. The molecule has 0 aliphatic heterocycles. The molecule has 0 radical (unpaired) electrons. The first-order valence-corrected chi connectivity index (χ1v) is 3.29. The molecule has 0 unspecified atom stereocenters. The van der Waals surface area contributed by atoms with Crippen LogP contribution in [0.1, 0.15) is 0 Å². The molecule has 58 valence electrons. The topological polar surface area (TPSA) is 47.7 Å². The van der Waals surface area contributed by atoms with Gasteiger partial charge in [0.05, 0.1) is 0 Å². The van der Waals surface area contributed by atoms with E-state index in [0.717, 1.165) is 0 Å². The predicted octanol–water partition coefficient (Wildman–Crippen LogP) is 1.13. The van der Waals surface area contributed by atoms with E-state index in [-0.39, 0.29) is 16.5 Å². The first-order valence-electron chi connectivity index (χ1n) is 2.03. The van der Waals surface area contributed by atoms with Crippen molar-refractivity contribution >= 4 is 37.7 Å². The molecule has 0 aromatic heterocycles. The molecule has 0 saturated heterocycles. The normalized spacial score (nSPS) is 5.56. The van der Waals surface area contributed by atoms with Crippen LogP contribution in [0.25, 0.3) is 0 Å². The van der Waals surface area contributed by atoms with Crippen molar-refractivity contribution in [2.75, 3.05) is 11.5 Å². The van der Waals surface area contributed by atoms with Gasteiger partial charge in [0.1, 0.15) is 0 Å². The van der Waals surface area contributed by atoms with E-state index in [1.165, 1.54) is 12.4 Å². The van der Waals surface area contributed by atoms with Crippen LogP contribution < -0.4 is 0 Å². The second-order valence-electron chi connectivity index (χ2n) is 0.773. The van der Waals surface area contributed by atoms with Crippen molar-refractivity contribution in [2.24, 2.45) is 0 Å². The first kappa shape index (κ1) is 16.3. The smallest absolute Gasteiger partial charge is 0.0251 e. The number of hydrogen-bond acceptors (Lipinski definition) is 4. The van der Waals surface area contributed by atoms with Crippen LogP contribution in [-0.2, 0) is 16.5 Å². The largest absolute Gasteiger partial charge is 0.312 e. The molecule has 0 saturated carbocycles. The fraction of sp³-hybridized carbons (Fsp3) is 0.500. The molecule has 0 spiro atoms. The predicted molar refractivity (Wildman–Crippen MR) is 45.3 cm³/mol. The summed E-state index contributed by atoms with van der Waals surface area (Å²) in [4.78, 5) is 0. The molecule has 2 nitrogen and oxygen atoms in total. The first-order chi connectivity index (χ1) is 3.83. The van der Waals surface area contributed by atoms with E-state index < -0.39 is 0 Å². The minimum absolute atomic E-state index is 0. The van der Waals surface area contributed by atoms with Crippen molar-refractivity contribution < 1.29 is 16.5 Å². The molecular formula is C4H10N2NiS2. The molecule has 0 amide bonds. The maximum atomic E-state index is 6.25. The summed E-state index contributed by atoms with van der Waals surface area (Å²) in [5.74, 6) is 1.11. The van der Waals surface area contributed by atoms with Gasteiger partial charge < -0.3 is 10.8 Å². The molecular weight excluding hydrogens is 199 g/mol. The quantitative estimate of drug-likeness (QED) is 0.299. The van der Waals surface area contributed by atoms with Crippen LogP contribution in [0.15, 0.2) is 0 Å². The Balaban J connectivity index is -0.0000000720. The van der Waals surface area contributed by atoms with Crippen LogP contribution in [0.2, 0.25) is 0 Å². The summed E-state index contributed by atoms with van der Waals surface area (Å²) >= 11 is 7.35. The van der Waals surface area contributed by atoms with Gasteiger partial charge >= 0.3 is 0 Å². The average molecular weight is 209 g/mol. The van der Waals surface area contributed by atoms with Gasteiger partial charge in [-0.25, -0.2) is 0 Å². The average Bonchev–Trinajstić information content (AvgIpc) is 1.88. The van der Waals surface area contributed by atoms with E-state index in [1.54, 1.807) is 0 Å². The van der Waals surface area contributed by atoms with Crippen LogP contribution >= 0.6 is 25.3 Å². The number of thiol groups is 2. The van der Waals surface area contributed by atoms with E-state index in [1.807, 2.05) is 0 Å². The third kappa shape index (κ3) is 56.8. The third-order valence-corrected chi connectivity index (χ3v) is 0.548. The fourth-order valence-corrected chi connectivity index (χ4v) is 0. The van der Waals surface area contributed by atoms with Crippen LogP contribution in [0.3, 0.4) is 0 Å². The number of rotatable bonds is 2. The van der Waals surface area contributed by atoms with E-state index in [4.69, 9.17) is 10.8 Å². The molecule has 5 heteroatoms. The molecule has 2 N–H and O–H groups in total. The van der Waals surface area contributed by atoms with Gasteiger partial charge in [-0.2, -0.15) is 25.3 Å². The van der Waals surface area contributed by atoms with Crippen LogP contribution in [-0.4, -0.2) is 23.9 Å². The van der Waals surface area contributed by atoms with E-state index in [9.17, 15) is 0 Å². The summed E-state index contributed by atoms with van der Waals surface area (Å²) in [7, 11) is 0. The molecule has 0 aliphatic rings. The Morgan fingerprint density at radius 3 is 1.11 bits per heavy atom. The van der Waals surface area contributed by atoms with Crippen molar-refractivity contribution in [3.8, 4) is 0 Å². The Hall–Kier alpha value is 0.534. The van der Waals surface area contributed by atoms with Gasteiger partial charge in [-0.05, 0) is 0 Å². The van der Waals surface area contributed by atoms with Crippen molar-refractivity contribution in [3.63, 3.8) is 0 Å². The third-order valence-electron chi connectivity index (χ3n) is 0.183. The molecule has 9 heavy (non-hydrogen) atoms. The summed E-state index contributed by atoms with van der Waals surface area (Å²) in [5.41, 5.74) is 0. The van der Waals surface area contributed by atoms with Crippen LogP contribution in [0.4, 0.5) is 0 Å². The molecule has 0 rings (SSSR count). The summed E-state index contributed by atoms with van der Waals surface area (Å²) in [5, 5.41) is 12.5. The summed E-state index contributed by atoms with van der Waals surface area (Å²) in [6, 6.07) is 0. The molecule has 0 fully saturated rings. The molecule has 0 aromatic carbocycles. The van der Waals surface area contributed by atoms with Gasteiger partial charge in [0.25, 0.3) is 0 Å². The van der Waals surface area contributed by atoms with Crippen molar-refractivity contribution in [1.82, 2.24) is 0 Å². The second-order valence-corrected chi connectivity index (χ2v) is 1.50. The van der Waals surface area contributed by atoms with Crippen molar-refractivity contribution in [3.05, 3.63) is 0 Å². The van der Waals surface area contributed by atoms with Gasteiger partial charge in [-0.1, -0.05) is 0 Å². The van der Waals surface area contributed by atoms with E-state index >= 15 is 0 Å². The van der Waals surface area contributed by atoms with Gasteiger partial charge in [-0.3, -0.25) is 0 Å². The number of hydrogen-bond donors (Lipinski definition) is 4. The molecule has 0 heterocycles. The minimum Gasteiger partial charge on any atom is -0.312 e. The van der Waals surface area contributed by atoms with Gasteiger partial charge in [0.2, 0.25) is 0 Å². The molecule has 0 aromatic rings. The van der Waals surface area contributed by atoms with Crippen LogP contribution in [0, 0.1) is 10.8 Å². The summed E-state index contributed by atoms with van der Waals surface area (Å²) in [6.45, 7) is 0. The van der Waals surface area contributed by atoms with E-state index in [0.29, 0.717) is 11.5 Å². The monoisotopic (exact) mass is 208 g/mol. The second kappa shape index (κ2) is 23.6. The Labute approximate surface area is 76.6 Å². The zero-order chi connectivity index (χ0) is 6.83. The van der Waals surface area contributed by atoms with Gasteiger partial charge in [0.15, 0.2) is 0 Å². The fourth-order valence-electron chi connectivity index (χ4n) is 0. The zero-order valence-corrected chi connectivity index (χ0v) is 7.56. The van der Waals surface area contributed by atoms with Gasteiger partial charge in [-0.15, -0.1) is 0 Å². The van der Waals surface area contributed by atoms with Crippen molar-refractivity contribution in [1.29, 1.82) is 10.8 Å². The summed E-state index contributed by atoms with van der Waals surface area (Å²) in [6.07, 6.45) is 2.48. The zero-order valence-electron chi connectivity index (χ0n) is 4.78. The Morgan fingerprint density at radius 1 is 1.00 bits per heavy atom. The summed E-state index contributed by atoms with van der Waals surface area (Å²) < 4.78 is 0. The molecule has 0 bridgehead atoms. The molecule has 0 atom stereocenters. The maximum absolute atomic E-state index is 6.25. The van der Waals surface area contributed by atoms with Crippen LogP contribution in [0.5, 0.6) is 0 Å². The maximum Gasteiger partial charge on any atom is 0.0251 e. The van der Waals surface area contributed by atoms with E-state index in [2.05, 4.69) is 25.3 Å².